The number of fused-ring (bicyclic) bond motifs is 5. The van der Waals surface area contributed by atoms with Crippen molar-refractivity contribution in [2.45, 2.75) is 106 Å². The van der Waals surface area contributed by atoms with E-state index in [-0.39, 0.29) is 0 Å². The van der Waals surface area contributed by atoms with Crippen LogP contribution < -0.4 is 0 Å². The van der Waals surface area contributed by atoms with Gasteiger partial charge in [-0.05, 0) is 96.7 Å². The highest BCUT2D eigenvalue weighted by molar-refractivity contribution is 5.24. The second kappa shape index (κ2) is 6.63. The molecule has 4 fully saturated rings. The Morgan fingerprint density at radius 1 is 1.04 bits per heavy atom. The lowest BCUT2D eigenvalue weighted by molar-refractivity contribution is -0.137. The second-order valence-corrected chi connectivity index (χ2v) is 12.3. The third-order valence-corrected chi connectivity index (χ3v) is 11.2. The first-order chi connectivity index (χ1) is 12.7. The predicted octanol–water partition coefficient (Wildman–Crippen LogP) is 8.27. The molecule has 0 heterocycles. The lowest BCUT2D eigenvalue weighted by Crippen LogP contribution is -2.58. The Labute approximate surface area is 170 Å². The molecule has 9 atom stereocenters. The van der Waals surface area contributed by atoms with Crippen LogP contribution in [0.3, 0.4) is 0 Å². The van der Waals surface area contributed by atoms with E-state index in [1.165, 1.54) is 64.2 Å². The maximum atomic E-state index is 4.79. The quantitative estimate of drug-likeness (QED) is 0.438. The number of rotatable bonds is 3. The third-order valence-electron chi connectivity index (χ3n) is 11.2. The van der Waals surface area contributed by atoms with Crippen molar-refractivity contribution in [3.05, 3.63) is 12.2 Å². The van der Waals surface area contributed by atoms with Crippen LogP contribution in [0.5, 0.6) is 0 Å². The first kappa shape index (κ1) is 20.0. The Kier molecular flexibility index (Phi) is 4.92. The molecule has 27 heavy (non-hydrogen) atoms. The number of hydrogen-bond acceptors (Lipinski definition) is 0. The van der Waals surface area contributed by atoms with Crippen LogP contribution in [-0.4, -0.2) is 0 Å². The van der Waals surface area contributed by atoms with Crippen molar-refractivity contribution in [3.8, 4) is 0 Å². The molecule has 4 saturated carbocycles. The van der Waals surface area contributed by atoms with Gasteiger partial charge >= 0.3 is 0 Å². The van der Waals surface area contributed by atoms with E-state index in [0.717, 1.165) is 35.5 Å². The van der Waals surface area contributed by atoms with Crippen LogP contribution in [0, 0.1) is 51.8 Å². The van der Waals surface area contributed by atoms with Gasteiger partial charge in [0.25, 0.3) is 0 Å². The third kappa shape index (κ3) is 2.67. The molecule has 4 rings (SSSR count). The van der Waals surface area contributed by atoms with Crippen molar-refractivity contribution in [1.29, 1.82) is 0 Å². The van der Waals surface area contributed by atoms with Crippen molar-refractivity contribution >= 4 is 0 Å². The van der Waals surface area contributed by atoms with E-state index >= 15 is 0 Å². The fourth-order valence-corrected chi connectivity index (χ4v) is 9.43. The molecule has 0 heteroatoms. The van der Waals surface area contributed by atoms with Crippen LogP contribution in [0.1, 0.15) is 106 Å². The zero-order valence-corrected chi connectivity index (χ0v) is 19.2. The molecule has 0 aliphatic heterocycles. The lowest BCUT2D eigenvalue weighted by atomic mass is 9.39. The molecular formula is C27H46. The summed E-state index contributed by atoms with van der Waals surface area (Å²) in [6.45, 7) is 20.3. The van der Waals surface area contributed by atoms with Crippen LogP contribution in [0.15, 0.2) is 12.2 Å². The molecule has 0 amide bonds. The van der Waals surface area contributed by atoms with E-state index in [4.69, 9.17) is 6.58 Å². The van der Waals surface area contributed by atoms with Crippen molar-refractivity contribution in [2.75, 3.05) is 0 Å². The standard InChI is InChI=1S/C27H46/c1-8-9-19(3)22-11-15-27(7)24-20(4)17-21-16-18(2)10-13-25(21,5)23(24)12-14-26(22,27)6/h18-19,21-24H,4,8-17H2,1-3,5-7H3. The molecule has 0 aromatic carbocycles. The highest BCUT2D eigenvalue weighted by Gasteiger charge is 2.66. The molecule has 0 aromatic heterocycles. The molecule has 0 bridgehead atoms. The van der Waals surface area contributed by atoms with Crippen molar-refractivity contribution in [2.24, 2.45) is 51.8 Å². The minimum atomic E-state index is 0.497. The van der Waals surface area contributed by atoms with Crippen LogP contribution in [-0.2, 0) is 0 Å². The molecule has 0 radical (unpaired) electrons. The normalized spacial score (nSPS) is 53.4. The van der Waals surface area contributed by atoms with Crippen LogP contribution in [0.2, 0.25) is 0 Å². The molecule has 0 nitrogen and oxygen atoms in total. The summed E-state index contributed by atoms with van der Waals surface area (Å²) < 4.78 is 0. The SMILES string of the molecule is C=C1CC2CC(C)CCC2(C)C2CCC3(C)C(C(C)CCC)CCC3(C)C12. The zero-order valence-electron chi connectivity index (χ0n) is 19.2. The van der Waals surface area contributed by atoms with Gasteiger partial charge in [0.15, 0.2) is 0 Å². The maximum absolute atomic E-state index is 4.79. The van der Waals surface area contributed by atoms with Gasteiger partial charge in [0.05, 0.1) is 0 Å². The predicted molar refractivity (Wildman–Crippen MR) is 118 cm³/mol. The second-order valence-electron chi connectivity index (χ2n) is 12.3. The van der Waals surface area contributed by atoms with Crippen LogP contribution in [0.4, 0.5) is 0 Å². The van der Waals surface area contributed by atoms with E-state index in [2.05, 4.69) is 41.5 Å². The summed E-state index contributed by atoms with van der Waals surface area (Å²) in [4.78, 5) is 0. The largest absolute Gasteiger partial charge is 0.0995 e. The Morgan fingerprint density at radius 3 is 2.44 bits per heavy atom. The van der Waals surface area contributed by atoms with Crippen molar-refractivity contribution in [1.82, 2.24) is 0 Å². The van der Waals surface area contributed by atoms with E-state index in [0.29, 0.717) is 16.2 Å². The number of allylic oxidation sites excluding steroid dienone is 1. The van der Waals surface area contributed by atoms with Crippen LogP contribution >= 0.6 is 0 Å². The van der Waals surface area contributed by atoms with Crippen molar-refractivity contribution in [3.63, 3.8) is 0 Å². The average molecular weight is 371 g/mol. The molecule has 154 valence electrons. The minimum Gasteiger partial charge on any atom is -0.0995 e. The first-order valence-electron chi connectivity index (χ1n) is 12.3. The van der Waals surface area contributed by atoms with Gasteiger partial charge in [0.1, 0.15) is 0 Å². The van der Waals surface area contributed by atoms with E-state index in [9.17, 15) is 0 Å². The van der Waals surface area contributed by atoms with E-state index < -0.39 is 0 Å². The summed E-state index contributed by atoms with van der Waals surface area (Å²) in [5.41, 5.74) is 3.29. The van der Waals surface area contributed by atoms with Crippen LogP contribution in [0.25, 0.3) is 0 Å². The summed E-state index contributed by atoms with van der Waals surface area (Å²) >= 11 is 0. The summed E-state index contributed by atoms with van der Waals surface area (Å²) in [7, 11) is 0. The van der Waals surface area contributed by atoms with Crippen molar-refractivity contribution < 1.29 is 0 Å². The highest BCUT2D eigenvalue weighted by Crippen LogP contribution is 2.74. The van der Waals surface area contributed by atoms with Gasteiger partial charge in [-0.25, -0.2) is 0 Å². The molecular weight excluding hydrogens is 324 g/mol. The van der Waals surface area contributed by atoms with Gasteiger partial charge in [0, 0.05) is 0 Å². The van der Waals surface area contributed by atoms with E-state index in [1.807, 2.05) is 0 Å². The Morgan fingerprint density at radius 2 is 1.74 bits per heavy atom. The molecule has 4 aliphatic carbocycles. The highest BCUT2D eigenvalue weighted by atomic mass is 14.7. The molecule has 0 N–H and O–H groups in total. The fourth-order valence-electron chi connectivity index (χ4n) is 9.43. The Hall–Kier alpha value is -0.260. The monoisotopic (exact) mass is 370 g/mol. The minimum absolute atomic E-state index is 0.497. The summed E-state index contributed by atoms with van der Waals surface area (Å²) in [6, 6.07) is 0. The van der Waals surface area contributed by atoms with Gasteiger partial charge in [-0.2, -0.15) is 0 Å². The molecule has 9 unspecified atom stereocenters. The molecule has 0 aromatic rings. The number of hydrogen-bond donors (Lipinski definition) is 0. The summed E-state index contributed by atoms with van der Waals surface area (Å²) in [5, 5.41) is 0. The summed E-state index contributed by atoms with van der Waals surface area (Å²) in [6.07, 6.45) is 14.4. The maximum Gasteiger partial charge on any atom is -0.0113 e. The van der Waals surface area contributed by atoms with Gasteiger partial charge < -0.3 is 0 Å². The van der Waals surface area contributed by atoms with Gasteiger partial charge in [-0.15, -0.1) is 0 Å². The lowest BCUT2D eigenvalue weighted by Gasteiger charge is -2.65. The van der Waals surface area contributed by atoms with Gasteiger partial charge in [0.2, 0.25) is 0 Å². The first-order valence-corrected chi connectivity index (χ1v) is 12.3. The zero-order chi connectivity index (χ0) is 19.6. The summed E-state index contributed by atoms with van der Waals surface area (Å²) in [5.74, 6) is 5.39. The Balaban J connectivity index is 1.68. The Bertz CT molecular complexity index is 589. The molecule has 0 spiro atoms. The fraction of sp³-hybridized carbons (Fsp3) is 0.926. The van der Waals surface area contributed by atoms with Gasteiger partial charge in [-0.3, -0.25) is 0 Å². The molecule has 0 saturated heterocycles. The average Bonchev–Trinajstić information content (AvgIpc) is 2.88. The van der Waals surface area contributed by atoms with Gasteiger partial charge in [-0.1, -0.05) is 73.0 Å². The topological polar surface area (TPSA) is 0 Å². The smallest absolute Gasteiger partial charge is 0.0113 e. The van der Waals surface area contributed by atoms with E-state index in [1.54, 1.807) is 5.57 Å². The molecule has 4 aliphatic rings.